The lowest BCUT2D eigenvalue weighted by Gasteiger charge is -2.33. The van der Waals surface area contributed by atoms with E-state index in [4.69, 9.17) is 20.9 Å². The molecule has 0 saturated heterocycles. The van der Waals surface area contributed by atoms with Gasteiger partial charge in [0.05, 0.1) is 12.2 Å². The van der Waals surface area contributed by atoms with Crippen molar-refractivity contribution in [2.45, 2.75) is 12.6 Å². The van der Waals surface area contributed by atoms with Crippen LogP contribution < -0.4 is 15.0 Å². The van der Waals surface area contributed by atoms with Gasteiger partial charge in [-0.05, 0) is 42.0 Å². The first-order valence-corrected chi connectivity index (χ1v) is 11.1. The SMILES string of the molecule is O=C(NCc1ccccc1)[C@@H]1CN(C(=O)c2cc(-c3ccc(Cl)cc3)on2)c2ccccc2O1. The molecule has 1 N–H and O–H groups in total. The molecule has 2 heterocycles. The van der Waals surface area contributed by atoms with Crippen LogP contribution in [0.25, 0.3) is 11.3 Å². The monoisotopic (exact) mass is 473 g/mol. The summed E-state index contributed by atoms with van der Waals surface area (Å²) >= 11 is 5.95. The van der Waals surface area contributed by atoms with E-state index in [0.29, 0.717) is 28.8 Å². The van der Waals surface area contributed by atoms with E-state index in [-0.39, 0.29) is 24.1 Å². The fourth-order valence-electron chi connectivity index (χ4n) is 3.73. The van der Waals surface area contributed by atoms with Gasteiger partial charge in [0.15, 0.2) is 17.6 Å². The van der Waals surface area contributed by atoms with Gasteiger partial charge in [-0.2, -0.15) is 0 Å². The number of carbonyl (C=O) groups excluding carboxylic acids is 2. The van der Waals surface area contributed by atoms with Gasteiger partial charge in [-0.1, -0.05) is 59.2 Å². The van der Waals surface area contributed by atoms with Crippen molar-refractivity contribution >= 4 is 29.1 Å². The summed E-state index contributed by atoms with van der Waals surface area (Å²) in [4.78, 5) is 27.8. The second-order valence-electron chi connectivity index (χ2n) is 7.78. The van der Waals surface area contributed by atoms with Crippen molar-refractivity contribution in [3.63, 3.8) is 0 Å². The van der Waals surface area contributed by atoms with Crippen molar-refractivity contribution in [1.82, 2.24) is 10.5 Å². The van der Waals surface area contributed by atoms with E-state index in [1.807, 2.05) is 30.3 Å². The van der Waals surface area contributed by atoms with Crippen molar-refractivity contribution < 1.29 is 18.8 Å². The number of carbonyl (C=O) groups is 2. The maximum atomic E-state index is 13.4. The van der Waals surface area contributed by atoms with Gasteiger partial charge < -0.3 is 14.6 Å². The molecule has 7 nitrogen and oxygen atoms in total. The van der Waals surface area contributed by atoms with Crippen molar-refractivity contribution in [1.29, 1.82) is 0 Å². The van der Waals surface area contributed by atoms with Crippen LogP contribution in [0.2, 0.25) is 5.02 Å². The molecule has 3 aromatic carbocycles. The Morgan fingerprint density at radius 3 is 2.53 bits per heavy atom. The van der Waals surface area contributed by atoms with Crippen molar-refractivity contribution in [2.24, 2.45) is 0 Å². The Bertz CT molecular complexity index is 1320. The third-order valence-electron chi connectivity index (χ3n) is 5.48. The fraction of sp³-hybridized carbons (Fsp3) is 0.115. The topological polar surface area (TPSA) is 84.7 Å². The molecule has 2 amide bonds. The minimum absolute atomic E-state index is 0.0413. The Morgan fingerprint density at radius 1 is 1.00 bits per heavy atom. The Labute approximate surface area is 200 Å². The third-order valence-corrected chi connectivity index (χ3v) is 5.73. The molecule has 1 aliphatic rings. The quantitative estimate of drug-likeness (QED) is 0.453. The predicted molar refractivity (Wildman–Crippen MR) is 128 cm³/mol. The van der Waals surface area contributed by atoms with Crippen LogP contribution in [0.1, 0.15) is 16.1 Å². The summed E-state index contributed by atoms with van der Waals surface area (Å²) in [5.41, 5.74) is 2.41. The molecule has 8 heteroatoms. The summed E-state index contributed by atoms with van der Waals surface area (Å²) in [6, 6.07) is 25.3. The standard InChI is InChI=1S/C26H20ClN3O4/c27-19-12-10-18(11-13-19)23-14-20(29-34-23)26(32)30-16-24(33-22-9-5-4-8-21(22)30)25(31)28-15-17-6-2-1-3-7-17/h1-14,24H,15-16H2,(H,28,31)/t24-/m0/s1. The molecule has 4 aromatic rings. The van der Waals surface area contributed by atoms with Crippen LogP contribution in [-0.2, 0) is 11.3 Å². The lowest BCUT2D eigenvalue weighted by Crippen LogP contribution is -2.50. The molecule has 0 saturated carbocycles. The first-order chi connectivity index (χ1) is 16.6. The molecule has 170 valence electrons. The number of nitrogens with zero attached hydrogens (tertiary/aromatic N) is 2. The number of hydrogen-bond donors (Lipinski definition) is 1. The second-order valence-corrected chi connectivity index (χ2v) is 8.21. The van der Waals surface area contributed by atoms with E-state index in [0.717, 1.165) is 11.1 Å². The number of rotatable bonds is 5. The summed E-state index contributed by atoms with van der Waals surface area (Å²) < 4.78 is 11.3. The van der Waals surface area contributed by atoms with E-state index in [1.165, 1.54) is 4.90 Å². The van der Waals surface area contributed by atoms with Crippen LogP contribution in [0.5, 0.6) is 5.75 Å². The normalized spacial score (nSPS) is 14.7. The van der Waals surface area contributed by atoms with Crippen LogP contribution >= 0.6 is 11.6 Å². The Hall–Kier alpha value is -4.10. The largest absolute Gasteiger partial charge is 0.477 e. The number of benzene rings is 3. The third kappa shape index (κ3) is 4.51. The summed E-state index contributed by atoms with van der Waals surface area (Å²) in [7, 11) is 0. The van der Waals surface area contributed by atoms with Gasteiger partial charge in [0.25, 0.3) is 11.8 Å². The molecule has 0 fully saturated rings. The van der Waals surface area contributed by atoms with Gasteiger partial charge in [-0.15, -0.1) is 0 Å². The first kappa shape index (κ1) is 21.7. The average molecular weight is 474 g/mol. The molecule has 0 spiro atoms. The van der Waals surface area contributed by atoms with Crippen molar-refractivity contribution in [3.8, 4) is 17.1 Å². The zero-order chi connectivity index (χ0) is 23.5. The summed E-state index contributed by atoms with van der Waals surface area (Å²) in [6.07, 6.45) is -0.870. The highest BCUT2D eigenvalue weighted by Crippen LogP contribution is 2.34. The van der Waals surface area contributed by atoms with Gasteiger partial charge in [0.2, 0.25) is 0 Å². The first-order valence-electron chi connectivity index (χ1n) is 10.7. The molecule has 34 heavy (non-hydrogen) atoms. The molecular weight excluding hydrogens is 454 g/mol. The Morgan fingerprint density at radius 2 is 1.74 bits per heavy atom. The minimum atomic E-state index is -0.870. The van der Waals surface area contributed by atoms with E-state index in [1.54, 1.807) is 54.6 Å². The van der Waals surface area contributed by atoms with Gasteiger partial charge >= 0.3 is 0 Å². The Kier molecular flexibility index (Phi) is 6.01. The fourth-order valence-corrected chi connectivity index (χ4v) is 3.85. The smallest absolute Gasteiger partial charge is 0.280 e. The number of amides is 2. The number of nitrogens with one attached hydrogen (secondary N) is 1. The number of anilines is 1. The zero-order valence-electron chi connectivity index (χ0n) is 18.0. The summed E-state index contributed by atoms with van der Waals surface area (Å²) in [5, 5.41) is 7.45. The highest BCUT2D eigenvalue weighted by atomic mass is 35.5. The van der Waals surface area contributed by atoms with Crippen LogP contribution in [0.15, 0.2) is 89.5 Å². The van der Waals surface area contributed by atoms with E-state index in [2.05, 4.69) is 10.5 Å². The molecule has 5 rings (SSSR count). The number of hydrogen-bond acceptors (Lipinski definition) is 5. The molecule has 0 radical (unpaired) electrons. The molecular formula is C26H20ClN3O4. The number of aromatic nitrogens is 1. The van der Waals surface area contributed by atoms with E-state index >= 15 is 0 Å². The summed E-state index contributed by atoms with van der Waals surface area (Å²) in [5.74, 6) is 0.195. The molecule has 0 unspecified atom stereocenters. The summed E-state index contributed by atoms with van der Waals surface area (Å²) in [6.45, 7) is 0.405. The molecule has 1 aromatic heterocycles. The van der Waals surface area contributed by atoms with E-state index in [9.17, 15) is 9.59 Å². The van der Waals surface area contributed by atoms with Gasteiger partial charge in [-0.3, -0.25) is 14.5 Å². The highest BCUT2D eigenvalue weighted by molar-refractivity contribution is 6.30. The number of ether oxygens (including phenoxy) is 1. The molecule has 1 atom stereocenters. The van der Waals surface area contributed by atoms with Crippen LogP contribution in [-0.4, -0.2) is 29.6 Å². The van der Waals surface area contributed by atoms with Crippen LogP contribution in [0.4, 0.5) is 5.69 Å². The Balaban J connectivity index is 1.36. The minimum Gasteiger partial charge on any atom is -0.477 e. The highest BCUT2D eigenvalue weighted by Gasteiger charge is 2.35. The maximum absolute atomic E-state index is 13.4. The van der Waals surface area contributed by atoms with Crippen molar-refractivity contribution in [2.75, 3.05) is 11.4 Å². The van der Waals surface area contributed by atoms with Gasteiger partial charge in [0, 0.05) is 23.2 Å². The maximum Gasteiger partial charge on any atom is 0.280 e. The number of halogens is 1. The van der Waals surface area contributed by atoms with Crippen molar-refractivity contribution in [3.05, 3.63) is 101 Å². The average Bonchev–Trinajstić information content (AvgIpc) is 3.37. The molecule has 0 bridgehead atoms. The number of para-hydroxylation sites is 2. The van der Waals surface area contributed by atoms with Gasteiger partial charge in [0.1, 0.15) is 5.75 Å². The lowest BCUT2D eigenvalue weighted by molar-refractivity contribution is -0.127. The molecule has 1 aliphatic heterocycles. The van der Waals surface area contributed by atoms with Gasteiger partial charge in [-0.25, -0.2) is 0 Å². The van der Waals surface area contributed by atoms with E-state index < -0.39 is 6.10 Å². The van der Waals surface area contributed by atoms with Crippen LogP contribution in [0.3, 0.4) is 0 Å². The van der Waals surface area contributed by atoms with Crippen LogP contribution in [0, 0.1) is 0 Å². The molecule has 0 aliphatic carbocycles. The lowest BCUT2D eigenvalue weighted by atomic mass is 10.1. The second kappa shape index (κ2) is 9.41. The number of fused-ring (bicyclic) bond motifs is 1. The predicted octanol–water partition coefficient (Wildman–Crippen LogP) is 4.72. The zero-order valence-corrected chi connectivity index (χ0v) is 18.7.